The predicted octanol–water partition coefficient (Wildman–Crippen LogP) is 2.92. The van der Waals surface area contributed by atoms with Crippen molar-refractivity contribution < 1.29 is 14.7 Å². The lowest BCUT2D eigenvalue weighted by molar-refractivity contribution is -0.146. The number of rotatable bonds is 5. The van der Waals surface area contributed by atoms with Crippen LogP contribution in [0.4, 0.5) is 0 Å². The Balaban J connectivity index is 1.93. The minimum absolute atomic E-state index is 0.0585. The summed E-state index contributed by atoms with van der Waals surface area (Å²) in [5.41, 5.74) is 0.488. The first kappa shape index (κ1) is 16.3. The molecule has 3 atom stereocenters. The highest BCUT2D eigenvalue weighted by molar-refractivity contribution is 5.85. The van der Waals surface area contributed by atoms with Gasteiger partial charge in [-0.3, -0.25) is 9.59 Å². The van der Waals surface area contributed by atoms with Crippen molar-refractivity contribution in [2.24, 2.45) is 34.5 Å². The van der Waals surface area contributed by atoms with E-state index in [4.69, 9.17) is 0 Å². The topological polar surface area (TPSA) is 66.4 Å². The van der Waals surface area contributed by atoms with Crippen LogP contribution in [0.15, 0.2) is 0 Å². The molecule has 0 heterocycles. The molecule has 0 spiro atoms. The van der Waals surface area contributed by atoms with Crippen molar-refractivity contribution in [3.05, 3.63) is 0 Å². The van der Waals surface area contributed by atoms with Gasteiger partial charge in [0.2, 0.25) is 5.91 Å². The molecule has 2 aliphatic carbocycles. The molecule has 0 aromatic heterocycles. The Morgan fingerprint density at radius 2 is 1.62 bits per heavy atom. The van der Waals surface area contributed by atoms with Gasteiger partial charge < -0.3 is 10.4 Å². The molecule has 2 fully saturated rings. The molecular weight excluding hydrogens is 266 g/mol. The van der Waals surface area contributed by atoms with Crippen molar-refractivity contribution in [3.63, 3.8) is 0 Å². The molecule has 2 rings (SSSR count). The highest BCUT2D eigenvalue weighted by Crippen LogP contribution is 2.67. The zero-order valence-electron chi connectivity index (χ0n) is 13.9. The third kappa shape index (κ3) is 2.69. The monoisotopic (exact) mass is 295 g/mol. The summed E-state index contributed by atoms with van der Waals surface area (Å²) in [6.45, 7) is 11.6. The van der Waals surface area contributed by atoms with Crippen molar-refractivity contribution in [1.82, 2.24) is 5.32 Å². The van der Waals surface area contributed by atoms with Crippen molar-refractivity contribution in [1.29, 1.82) is 0 Å². The summed E-state index contributed by atoms with van der Waals surface area (Å²) in [5.74, 6) is -0.890. The van der Waals surface area contributed by atoms with E-state index in [0.717, 1.165) is 12.8 Å². The predicted molar refractivity (Wildman–Crippen MR) is 81.7 cm³/mol. The van der Waals surface area contributed by atoms with Crippen LogP contribution < -0.4 is 5.32 Å². The Hall–Kier alpha value is -1.06. The Morgan fingerprint density at radius 3 is 2.05 bits per heavy atom. The van der Waals surface area contributed by atoms with Gasteiger partial charge in [0, 0.05) is 6.54 Å². The highest BCUT2D eigenvalue weighted by Gasteiger charge is 2.64. The van der Waals surface area contributed by atoms with Gasteiger partial charge in [-0.25, -0.2) is 0 Å². The Bertz CT molecular complexity index is 427. The third-order valence-electron chi connectivity index (χ3n) is 6.69. The van der Waals surface area contributed by atoms with Gasteiger partial charge in [-0.15, -0.1) is 0 Å². The highest BCUT2D eigenvalue weighted by atomic mass is 16.4. The molecule has 0 aliphatic heterocycles. The fraction of sp³-hybridized carbons (Fsp3) is 0.882. The van der Waals surface area contributed by atoms with E-state index < -0.39 is 11.9 Å². The van der Waals surface area contributed by atoms with Crippen LogP contribution in [-0.2, 0) is 9.59 Å². The average Bonchev–Trinajstić information content (AvgIpc) is 2.74. The number of carboxylic acids is 1. The van der Waals surface area contributed by atoms with Gasteiger partial charge in [-0.1, -0.05) is 41.0 Å². The van der Waals surface area contributed by atoms with Gasteiger partial charge in [0.05, 0.1) is 11.8 Å². The maximum atomic E-state index is 12.4. The molecule has 1 unspecified atom stereocenters. The van der Waals surface area contributed by atoms with E-state index in [1.807, 2.05) is 0 Å². The fourth-order valence-corrected chi connectivity index (χ4v) is 4.22. The van der Waals surface area contributed by atoms with E-state index in [2.05, 4.69) is 39.9 Å². The van der Waals surface area contributed by atoms with Crippen LogP contribution >= 0.6 is 0 Å². The number of hydrogen-bond acceptors (Lipinski definition) is 2. The Labute approximate surface area is 127 Å². The van der Waals surface area contributed by atoms with Crippen LogP contribution in [-0.4, -0.2) is 23.5 Å². The summed E-state index contributed by atoms with van der Waals surface area (Å²) in [6, 6.07) is 0. The van der Waals surface area contributed by atoms with Crippen LogP contribution in [0.1, 0.15) is 53.9 Å². The molecular formula is C17H29NO3. The van der Waals surface area contributed by atoms with Gasteiger partial charge >= 0.3 is 5.97 Å². The molecule has 120 valence electrons. The smallest absolute Gasteiger partial charge is 0.307 e. The van der Waals surface area contributed by atoms with Gasteiger partial charge in [-0.05, 0) is 35.5 Å². The number of hydrogen-bond donors (Lipinski definition) is 2. The molecule has 0 saturated heterocycles. The van der Waals surface area contributed by atoms with Gasteiger partial charge in [-0.2, -0.15) is 0 Å². The van der Waals surface area contributed by atoms with Crippen molar-refractivity contribution >= 4 is 11.9 Å². The summed E-state index contributed by atoms with van der Waals surface area (Å²) in [5, 5.41) is 12.3. The van der Waals surface area contributed by atoms with Crippen LogP contribution in [0.3, 0.4) is 0 Å². The number of nitrogens with one attached hydrogen (secondary N) is 1. The summed E-state index contributed by atoms with van der Waals surface area (Å²) < 4.78 is 0. The average molecular weight is 295 g/mol. The molecule has 0 aromatic rings. The lowest BCUT2D eigenvalue weighted by atomic mass is 9.95. The lowest BCUT2D eigenvalue weighted by Crippen LogP contribution is -2.36. The number of carbonyl (C=O) groups is 2. The molecule has 2 N–H and O–H groups in total. The fourth-order valence-electron chi connectivity index (χ4n) is 4.22. The van der Waals surface area contributed by atoms with E-state index in [1.165, 1.54) is 0 Å². The molecule has 21 heavy (non-hydrogen) atoms. The zero-order chi connectivity index (χ0) is 16.0. The van der Waals surface area contributed by atoms with Crippen LogP contribution in [0, 0.1) is 34.5 Å². The Morgan fingerprint density at radius 1 is 1.10 bits per heavy atom. The molecule has 0 bridgehead atoms. The van der Waals surface area contributed by atoms with E-state index >= 15 is 0 Å². The van der Waals surface area contributed by atoms with Crippen LogP contribution in [0.25, 0.3) is 0 Å². The number of amides is 1. The minimum atomic E-state index is -0.821. The molecule has 4 nitrogen and oxygen atoms in total. The maximum Gasteiger partial charge on any atom is 0.307 e. The summed E-state index contributed by atoms with van der Waals surface area (Å²) >= 11 is 0. The van der Waals surface area contributed by atoms with E-state index in [1.54, 1.807) is 0 Å². The van der Waals surface area contributed by atoms with Crippen molar-refractivity contribution in [3.8, 4) is 0 Å². The Kier molecular flexibility index (Phi) is 4.11. The number of carboxylic acid groups (broad SMARTS) is 1. The van der Waals surface area contributed by atoms with Gasteiger partial charge in [0.1, 0.15) is 0 Å². The van der Waals surface area contributed by atoms with Crippen molar-refractivity contribution in [2.45, 2.75) is 53.9 Å². The van der Waals surface area contributed by atoms with Gasteiger partial charge in [0.25, 0.3) is 0 Å². The van der Waals surface area contributed by atoms with E-state index in [0.29, 0.717) is 24.8 Å². The van der Waals surface area contributed by atoms with Crippen LogP contribution in [0.5, 0.6) is 0 Å². The quantitative estimate of drug-likeness (QED) is 0.819. The minimum Gasteiger partial charge on any atom is -0.481 e. The number of aliphatic carboxylic acids is 1. The SMILES string of the molecule is CCC1C[C@H](C(=O)NCC2C(C)(C)C2(C)C)[C@H](C(=O)O)C1. The summed E-state index contributed by atoms with van der Waals surface area (Å²) in [6.07, 6.45) is 2.32. The second-order valence-corrected chi connectivity index (χ2v) is 8.04. The first-order chi connectivity index (χ1) is 9.62. The molecule has 0 aromatic carbocycles. The second kappa shape index (κ2) is 5.29. The first-order valence-electron chi connectivity index (χ1n) is 8.13. The molecule has 1 amide bonds. The largest absolute Gasteiger partial charge is 0.481 e. The third-order valence-corrected chi connectivity index (χ3v) is 6.69. The summed E-state index contributed by atoms with van der Waals surface area (Å²) in [7, 11) is 0. The van der Waals surface area contributed by atoms with Crippen LogP contribution in [0.2, 0.25) is 0 Å². The first-order valence-corrected chi connectivity index (χ1v) is 8.13. The normalized spacial score (nSPS) is 33.7. The maximum absolute atomic E-state index is 12.4. The molecule has 2 aliphatic rings. The second-order valence-electron chi connectivity index (χ2n) is 8.04. The summed E-state index contributed by atoms with van der Waals surface area (Å²) in [4.78, 5) is 23.8. The number of carbonyl (C=O) groups excluding carboxylic acids is 1. The lowest BCUT2D eigenvalue weighted by Gasteiger charge is -2.16. The van der Waals surface area contributed by atoms with Gasteiger partial charge in [0.15, 0.2) is 0 Å². The molecule has 0 radical (unpaired) electrons. The van der Waals surface area contributed by atoms with E-state index in [-0.39, 0.29) is 22.7 Å². The van der Waals surface area contributed by atoms with E-state index in [9.17, 15) is 14.7 Å². The zero-order valence-corrected chi connectivity index (χ0v) is 13.9. The van der Waals surface area contributed by atoms with Crippen molar-refractivity contribution in [2.75, 3.05) is 6.54 Å². The molecule has 4 heteroatoms. The molecule has 2 saturated carbocycles. The standard InChI is InChI=1S/C17H29NO3/c1-6-10-7-11(12(8-10)15(20)21)14(19)18-9-13-16(2,3)17(13,4)5/h10-13H,6-9H2,1-5H3,(H,18,19)(H,20,21)/t10?,11-,12+/m0/s1.